The molecule has 0 bridgehead atoms. The van der Waals surface area contributed by atoms with Crippen LogP contribution in [0.2, 0.25) is 0 Å². The Labute approximate surface area is 99.4 Å². The topological polar surface area (TPSA) is 84.3 Å². The molecule has 1 heterocycles. The molecular weight excluding hydrogens is 222 g/mol. The Morgan fingerprint density at radius 3 is 2.82 bits per heavy atom. The van der Waals surface area contributed by atoms with Gasteiger partial charge in [0.2, 0.25) is 5.91 Å². The summed E-state index contributed by atoms with van der Waals surface area (Å²) >= 11 is 0. The van der Waals surface area contributed by atoms with Crippen LogP contribution in [0.15, 0.2) is 18.5 Å². The van der Waals surface area contributed by atoms with Gasteiger partial charge < -0.3 is 15.2 Å². The van der Waals surface area contributed by atoms with Gasteiger partial charge in [0.05, 0.1) is 13.2 Å². The van der Waals surface area contributed by atoms with Crippen molar-refractivity contribution in [3.63, 3.8) is 0 Å². The van der Waals surface area contributed by atoms with Crippen LogP contribution in [0.25, 0.3) is 6.08 Å². The van der Waals surface area contributed by atoms with Gasteiger partial charge in [-0.1, -0.05) is 0 Å². The van der Waals surface area contributed by atoms with Crippen LogP contribution in [0.3, 0.4) is 0 Å². The summed E-state index contributed by atoms with van der Waals surface area (Å²) in [5.74, 6) is -0.270. The number of hydrogen-bond donors (Lipinski definition) is 2. The number of carbonyl (C=O) groups is 1. The summed E-state index contributed by atoms with van der Waals surface area (Å²) in [6.07, 6.45) is 6.07. The molecule has 0 spiro atoms. The van der Waals surface area contributed by atoms with E-state index >= 15 is 0 Å². The third-order valence-electron chi connectivity index (χ3n) is 1.76. The molecule has 92 valence electrons. The zero-order valence-electron chi connectivity index (χ0n) is 9.59. The zero-order valence-corrected chi connectivity index (χ0v) is 9.59. The predicted molar refractivity (Wildman–Crippen MR) is 62.3 cm³/mol. The van der Waals surface area contributed by atoms with Crippen molar-refractivity contribution in [1.29, 1.82) is 0 Å². The second kappa shape index (κ2) is 7.34. The lowest BCUT2D eigenvalue weighted by Crippen LogP contribution is -2.24. The Bertz CT molecular complexity index is 376. The third-order valence-corrected chi connectivity index (χ3v) is 1.76. The molecule has 1 aromatic rings. The van der Waals surface area contributed by atoms with Crippen LogP contribution < -0.4 is 10.1 Å². The summed E-state index contributed by atoms with van der Waals surface area (Å²) in [6, 6.07) is 0.314. The van der Waals surface area contributed by atoms with E-state index in [1.807, 2.05) is 6.92 Å². The Morgan fingerprint density at radius 2 is 2.24 bits per heavy atom. The number of nitrogens with one attached hydrogen (secondary N) is 1. The average molecular weight is 237 g/mol. The van der Waals surface area contributed by atoms with E-state index in [0.29, 0.717) is 18.2 Å². The van der Waals surface area contributed by atoms with E-state index in [1.165, 1.54) is 6.08 Å². The number of rotatable bonds is 6. The van der Waals surface area contributed by atoms with Crippen molar-refractivity contribution in [2.45, 2.75) is 6.92 Å². The maximum atomic E-state index is 11.2. The van der Waals surface area contributed by atoms with Crippen LogP contribution in [-0.2, 0) is 4.79 Å². The second-order valence-corrected chi connectivity index (χ2v) is 3.08. The van der Waals surface area contributed by atoms with Crippen LogP contribution in [0.1, 0.15) is 12.5 Å². The maximum absolute atomic E-state index is 11.2. The number of hydrogen-bond acceptors (Lipinski definition) is 5. The fourth-order valence-corrected chi connectivity index (χ4v) is 1.03. The Morgan fingerprint density at radius 1 is 1.53 bits per heavy atom. The SMILES string of the molecule is CCOc1ncc(/C=C/C(=O)NCCO)cn1. The van der Waals surface area contributed by atoms with E-state index in [-0.39, 0.29) is 19.1 Å². The fraction of sp³-hybridized carbons (Fsp3) is 0.364. The van der Waals surface area contributed by atoms with Gasteiger partial charge in [-0.25, -0.2) is 9.97 Å². The highest BCUT2D eigenvalue weighted by Gasteiger charge is 1.96. The van der Waals surface area contributed by atoms with Crippen molar-refractivity contribution < 1.29 is 14.6 Å². The molecular formula is C11H15N3O3. The number of carbonyl (C=O) groups excluding carboxylic acids is 1. The molecule has 0 saturated carbocycles. The molecule has 0 atom stereocenters. The number of aromatic nitrogens is 2. The van der Waals surface area contributed by atoms with Gasteiger partial charge in [0.25, 0.3) is 0 Å². The number of nitrogens with zero attached hydrogens (tertiary/aromatic N) is 2. The lowest BCUT2D eigenvalue weighted by atomic mass is 10.3. The number of ether oxygens (including phenoxy) is 1. The van der Waals surface area contributed by atoms with Crippen LogP contribution in [0.5, 0.6) is 6.01 Å². The average Bonchev–Trinajstić information content (AvgIpc) is 2.36. The van der Waals surface area contributed by atoms with Crippen LogP contribution in [-0.4, -0.2) is 40.7 Å². The minimum atomic E-state index is -0.270. The van der Waals surface area contributed by atoms with Crippen molar-refractivity contribution in [2.75, 3.05) is 19.8 Å². The smallest absolute Gasteiger partial charge is 0.316 e. The van der Waals surface area contributed by atoms with E-state index in [4.69, 9.17) is 9.84 Å². The predicted octanol–water partition coefficient (Wildman–Crippen LogP) is -0.00300. The minimum absolute atomic E-state index is 0.0776. The van der Waals surface area contributed by atoms with E-state index in [1.54, 1.807) is 18.5 Å². The molecule has 0 saturated heterocycles. The molecule has 1 amide bonds. The van der Waals surface area contributed by atoms with Gasteiger partial charge >= 0.3 is 6.01 Å². The van der Waals surface area contributed by atoms with E-state index in [0.717, 1.165) is 0 Å². The first-order valence-corrected chi connectivity index (χ1v) is 5.28. The Hall–Kier alpha value is -1.95. The first-order valence-electron chi connectivity index (χ1n) is 5.28. The quantitative estimate of drug-likeness (QED) is 0.680. The molecule has 1 rings (SSSR count). The van der Waals surface area contributed by atoms with Gasteiger partial charge in [-0.15, -0.1) is 0 Å². The van der Waals surface area contributed by atoms with Crippen molar-refractivity contribution in [1.82, 2.24) is 15.3 Å². The minimum Gasteiger partial charge on any atom is -0.464 e. The summed E-state index contributed by atoms with van der Waals surface area (Å²) in [6.45, 7) is 2.52. The molecule has 2 N–H and O–H groups in total. The summed E-state index contributed by atoms with van der Waals surface area (Å²) in [5, 5.41) is 11.0. The summed E-state index contributed by atoms with van der Waals surface area (Å²) < 4.78 is 5.09. The monoisotopic (exact) mass is 237 g/mol. The van der Waals surface area contributed by atoms with Gasteiger partial charge in [0, 0.05) is 30.6 Å². The number of amides is 1. The molecule has 0 fully saturated rings. The lowest BCUT2D eigenvalue weighted by Gasteiger charge is -2.00. The van der Waals surface area contributed by atoms with Crippen molar-refractivity contribution >= 4 is 12.0 Å². The molecule has 0 radical (unpaired) electrons. The highest BCUT2D eigenvalue weighted by molar-refractivity contribution is 5.91. The third kappa shape index (κ3) is 5.07. The Kier molecular flexibility index (Phi) is 5.67. The van der Waals surface area contributed by atoms with Crippen LogP contribution >= 0.6 is 0 Å². The first kappa shape index (κ1) is 13.1. The fourth-order valence-electron chi connectivity index (χ4n) is 1.03. The highest BCUT2D eigenvalue weighted by atomic mass is 16.5. The van der Waals surface area contributed by atoms with E-state index in [9.17, 15) is 4.79 Å². The number of aliphatic hydroxyl groups is 1. The van der Waals surface area contributed by atoms with Gasteiger partial charge in [-0.05, 0) is 13.0 Å². The molecule has 0 aliphatic heterocycles. The van der Waals surface area contributed by atoms with Gasteiger partial charge in [0.1, 0.15) is 0 Å². The zero-order chi connectivity index (χ0) is 12.5. The highest BCUT2D eigenvalue weighted by Crippen LogP contribution is 2.03. The molecule has 0 aliphatic rings. The van der Waals surface area contributed by atoms with Crippen molar-refractivity contribution in [3.05, 3.63) is 24.0 Å². The molecule has 0 aromatic carbocycles. The maximum Gasteiger partial charge on any atom is 0.316 e. The molecule has 6 heteroatoms. The lowest BCUT2D eigenvalue weighted by molar-refractivity contribution is -0.116. The summed E-state index contributed by atoms with van der Waals surface area (Å²) in [7, 11) is 0. The number of aliphatic hydroxyl groups excluding tert-OH is 1. The van der Waals surface area contributed by atoms with Crippen LogP contribution in [0.4, 0.5) is 0 Å². The second-order valence-electron chi connectivity index (χ2n) is 3.08. The van der Waals surface area contributed by atoms with E-state index < -0.39 is 0 Å². The first-order chi connectivity index (χ1) is 8.26. The normalized spacial score (nSPS) is 10.5. The van der Waals surface area contributed by atoms with Crippen LogP contribution in [0, 0.1) is 0 Å². The van der Waals surface area contributed by atoms with Gasteiger partial charge in [-0.2, -0.15) is 0 Å². The van der Waals surface area contributed by atoms with E-state index in [2.05, 4.69) is 15.3 Å². The molecule has 0 unspecified atom stereocenters. The summed E-state index contributed by atoms with van der Waals surface area (Å²) in [4.78, 5) is 19.1. The molecule has 1 aromatic heterocycles. The van der Waals surface area contributed by atoms with Gasteiger partial charge in [-0.3, -0.25) is 4.79 Å². The largest absolute Gasteiger partial charge is 0.464 e. The van der Waals surface area contributed by atoms with Crippen molar-refractivity contribution in [3.8, 4) is 6.01 Å². The standard InChI is InChI=1S/C11H15N3O3/c1-2-17-11-13-7-9(8-14-11)3-4-10(16)12-5-6-15/h3-4,7-8,15H,2,5-6H2,1H3,(H,12,16)/b4-3+. The molecule has 0 aliphatic carbocycles. The molecule has 17 heavy (non-hydrogen) atoms. The summed E-state index contributed by atoms with van der Waals surface area (Å²) in [5.41, 5.74) is 0.701. The van der Waals surface area contributed by atoms with Gasteiger partial charge in [0.15, 0.2) is 0 Å². The van der Waals surface area contributed by atoms with Crippen molar-refractivity contribution in [2.24, 2.45) is 0 Å². The Balaban J connectivity index is 2.50. The molecule has 6 nitrogen and oxygen atoms in total.